The van der Waals surface area contributed by atoms with Crippen molar-refractivity contribution in [2.75, 3.05) is 25.0 Å². The lowest BCUT2D eigenvalue weighted by atomic mass is 10.1. The second-order valence-corrected chi connectivity index (χ2v) is 11.2. The molecule has 4 heterocycles. The van der Waals surface area contributed by atoms with Gasteiger partial charge in [0.25, 0.3) is 11.8 Å². The highest BCUT2D eigenvalue weighted by atomic mass is 32.1. The first-order chi connectivity index (χ1) is 16.3. The van der Waals surface area contributed by atoms with Crippen LogP contribution < -0.4 is 5.32 Å². The van der Waals surface area contributed by atoms with Crippen molar-refractivity contribution >= 4 is 29.0 Å². The fourth-order valence-corrected chi connectivity index (χ4v) is 5.54. The molecule has 11 heteroatoms. The monoisotopic (exact) mass is 509 g/mol. The maximum absolute atomic E-state index is 14.2. The summed E-state index contributed by atoms with van der Waals surface area (Å²) in [5.74, 6) is -0.728. The molecule has 2 fully saturated rings. The fourth-order valence-electron chi connectivity index (χ4n) is 4.49. The number of hydrogen-bond acceptors (Lipinski definition) is 6. The Morgan fingerprint density at radius 1 is 1.09 bits per heavy atom. The summed E-state index contributed by atoms with van der Waals surface area (Å²) in [4.78, 5) is 38.3. The molecule has 0 bridgehead atoms. The number of likely N-dealkylation sites (tertiary alicyclic amines) is 2. The zero-order valence-electron chi connectivity index (χ0n) is 20.3. The van der Waals surface area contributed by atoms with E-state index in [0.29, 0.717) is 19.6 Å². The van der Waals surface area contributed by atoms with E-state index in [1.165, 1.54) is 0 Å². The van der Waals surface area contributed by atoms with Crippen molar-refractivity contribution in [3.8, 4) is 10.4 Å². The first-order valence-electron chi connectivity index (χ1n) is 11.8. The molecule has 4 rings (SSSR count). The Balaban J connectivity index is 1.84. The minimum absolute atomic E-state index is 0.0266. The normalized spacial score (nSPS) is 18.9. The number of halogens is 3. The summed E-state index contributed by atoms with van der Waals surface area (Å²) < 4.78 is 42.6. The van der Waals surface area contributed by atoms with Gasteiger partial charge < -0.3 is 15.1 Å². The Kier molecular flexibility index (Phi) is 6.82. The standard InChI is InChI=1S/C24H30F3N5O2S/c1-14-8-7-11-32(14)21(33)18-19(35-20(29-18)22(34)31-9-5-6-10-31)15-13-28-17(30-23(2,3)4)12-16(15)24(25,26)27/h12-14H,5-11H2,1-4H3,(H,28,30). The van der Waals surface area contributed by atoms with Gasteiger partial charge in [-0.3, -0.25) is 9.59 Å². The van der Waals surface area contributed by atoms with Crippen LogP contribution in [0.4, 0.5) is 19.0 Å². The van der Waals surface area contributed by atoms with Crippen LogP contribution in [0, 0.1) is 0 Å². The number of nitrogens with one attached hydrogen (secondary N) is 1. The molecular formula is C24H30F3N5O2S. The summed E-state index contributed by atoms with van der Waals surface area (Å²) in [6.07, 6.45) is -0.214. The molecule has 2 aromatic rings. The van der Waals surface area contributed by atoms with E-state index in [2.05, 4.69) is 15.3 Å². The predicted octanol–water partition coefficient (Wildman–Crippen LogP) is 5.29. The van der Waals surface area contributed by atoms with Gasteiger partial charge in [0.2, 0.25) is 0 Å². The van der Waals surface area contributed by atoms with Gasteiger partial charge in [0, 0.05) is 43.0 Å². The smallest absolute Gasteiger partial charge is 0.365 e. The number of alkyl halides is 3. The number of aromatic nitrogens is 2. The number of rotatable bonds is 4. The number of hydrogen-bond donors (Lipinski definition) is 1. The fraction of sp³-hybridized carbons (Fsp3) is 0.583. The topological polar surface area (TPSA) is 78.4 Å². The molecule has 2 saturated heterocycles. The molecule has 7 nitrogen and oxygen atoms in total. The second-order valence-electron chi connectivity index (χ2n) is 10.2. The van der Waals surface area contributed by atoms with Gasteiger partial charge in [-0.1, -0.05) is 0 Å². The Hall–Kier alpha value is -2.69. The van der Waals surface area contributed by atoms with Crippen molar-refractivity contribution in [3.05, 3.63) is 28.5 Å². The summed E-state index contributed by atoms with van der Waals surface area (Å²) in [6, 6.07) is 0.906. The van der Waals surface area contributed by atoms with Crippen LogP contribution in [-0.4, -0.2) is 62.8 Å². The summed E-state index contributed by atoms with van der Waals surface area (Å²) in [6.45, 7) is 9.02. The highest BCUT2D eigenvalue weighted by Gasteiger charge is 2.39. The average molecular weight is 510 g/mol. The van der Waals surface area contributed by atoms with Crippen LogP contribution in [-0.2, 0) is 6.18 Å². The molecule has 1 N–H and O–H groups in total. The molecule has 2 aliphatic heterocycles. The zero-order valence-corrected chi connectivity index (χ0v) is 21.1. The molecule has 2 aliphatic rings. The largest absolute Gasteiger partial charge is 0.417 e. The molecule has 0 aliphatic carbocycles. The number of carbonyl (C=O) groups excluding carboxylic acids is 2. The molecule has 0 radical (unpaired) electrons. The summed E-state index contributed by atoms with van der Waals surface area (Å²) in [5, 5.41) is 2.99. The molecule has 190 valence electrons. The first-order valence-corrected chi connectivity index (χ1v) is 12.6. The highest BCUT2D eigenvalue weighted by molar-refractivity contribution is 7.17. The van der Waals surface area contributed by atoms with E-state index in [1.54, 1.807) is 9.80 Å². The summed E-state index contributed by atoms with van der Waals surface area (Å²) in [5.41, 5.74) is -1.78. The second kappa shape index (κ2) is 9.40. The Bertz CT molecular complexity index is 1120. The molecule has 0 saturated carbocycles. The van der Waals surface area contributed by atoms with Crippen LogP contribution >= 0.6 is 11.3 Å². The maximum Gasteiger partial charge on any atom is 0.417 e. The SMILES string of the molecule is CC1CCCN1C(=O)c1nc(C(=O)N2CCCC2)sc1-c1cnc(NC(C)(C)C)cc1C(F)(F)F. The molecule has 2 amide bonds. The molecule has 0 spiro atoms. The van der Waals surface area contributed by atoms with E-state index in [9.17, 15) is 22.8 Å². The summed E-state index contributed by atoms with van der Waals surface area (Å²) in [7, 11) is 0. The van der Waals surface area contributed by atoms with Gasteiger partial charge in [-0.05, 0) is 59.4 Å². The molecule has 1 atom stereocenters. The van der Waals surface area contributed by atoms with Crippen molar-refractivity contribution in [1.29, 1.82) is 0 Å². The Morgan fingerprint density at radius 3 is 2.34 bits per heavy atom. The van der Waals surface area contributed by atoms with Gasteiger partial charge >= 0.3 is 6.18 Å². The zero-order chi connectivity index (χ0) is 25.5. The number of thiazole rings is 1. The third-order valence-electron chi connectivity index (χ3n) is 6.18. The Morgan fingerprint density at radius 2 is 1.77 bits per heavy atom. The lowest BCUT2D eigenvalue weighted by Gasteiger charge is -2.23. The van der Waals surface area contributed by atoms with Gasteiger partial charge in [0.05, 0.1) is 10.4 Å². The lowest BCUT2D eigenvalue weighted by Crippen LogP contribution is -2.34. The molecule has 0 aromatic carbocycles. The first kappa shape index (κ1) is 25.4. The van der Waals surface area contributed by atoms with Gasteiger partial charge in [0.15, 0.2) is 5.01 Å². The van der Waals surface area contributed by atoms with Gasteiger partial charge in [0.1, 0.15) is 11.5 Å². The van der Waals surface area contributed by atoms with E-state index in [1.807, 2.05) is 27.7 Å². The minimum atomic E-state index is -4.70. The number of nitrogens with zero attached hydrogens (tertiary/aromatic N) is 4. The number of anilines is 1. The van der Waals surface area contributed by atoms with Crippen molar-refractivity contribution < 1.29 is 22.8 Å². The van der Waals surface area contributed by atoms with E-state index < -0.39 is 23.2 Å². The van der Waals surface area contributed by atoms with E-state index >= 15 is 0 Å². The number of pyridine rings is 1. The van der Waals surface area contributed by atoms with E-state index in [-0.39, 0.29) is 38.9 Å². The molecule has 1 unspecified atom stereocenters. The minimum Gasteiger partial charge on any atom is -0.365 e. The van der Waals surface area contributed by atoms with Crippen molar-refractivity contribution in [2.24, 2.45) is 0 Å². The van der Waals surface area contributed by atoms with Gasteiger partial charge in [-0.25, -0.2) is 9.97 Å². The molecular weight excluding hydrogens is 479 g/mol. The van der Waals surface area contributed by atoms with Gasteiger partial charge in [-0.15, -0.1) is 11.3 Å². The van der Waals surface area contributed by atoms with Crippen molar-refractivity contribution in [1.82, 2.24) is 19.8 Å². The third-order valence-corrected chi connectivity index (χ3v) is 7.25. The van der Waals surface area contributed by atoms with Crippen LogP contribution in [0.3, 0.4) is 0 Å². The van der Waals surface area contributed by atoms with Crippen LogP contribution in [0.25, 0.3) is 10.4 Å². The van der Waals surface area contributed by atoms with Crippen LogP contribution in [0.1, 0.15) is 79.2 Å². The maximum atomic E-state index is 14.2. The third kappa shape index (κ3) is 5.44. The van der Waals surface area contributed by atoms with Crippen LogP contribution in [0.15, 0.2) is 12.3 Å². The summed E-state index contributed by atoms with van der Waals surface area (Å²) >= 11 is 0.835. The molecule has 35 heavy (non-hydrogen) atoms. The van der Waals surface area contributed by atoms with Gasteiger partial charge in [-0.2, -0.15) is 13.2 Å². The van der Waals surface area contributed by atoms with E-state index in [0.717, 1.165) is 49.3 Å². The van der Waals surface area contributed by atoms with E-state index in [4.69, 9.17) is 0 Å². The quantitative estimate of drug-likeness (QED) is 0.606. The number of carbonyl (C=O) groups is 2. The Labute approximate surface area is 206 Å². The number of amides is 2. The predicted molar refractivity (Wildman–Crippen MR) is 129 cm³/mol. The van der Waals surface area contributed by atoms with Crippen molar-refractivity contribution in [2.45, 2.75) is 71.1 Å². The van der Waals surface area contributed by atoms with Crippen LogP contribution in [0.5, 0.6) is 0 Å². The molecule has 2 aromatic heterocycles. The highest BCUT2D eigenvalue weighted by Crippen LogP contribution is 2.42. The van der Waals surface area contributed by atoms with Crippen molar-refractivity contribution in [3.63, 3.8) is 0 Å². The lowest BCUT2D eigenvalue weighted by molar-refractivity contribution is -0.137. The average Bonchev–Trinajstić information content (AvgIpc) is 3.52. The van der Waals surface area contributed by atoms with Crippen LogP contribution in [0.2, 0.25) is 0 Å².